The van der Waals surface area contributed by atoms with Crippen LogP contribution in [0.15, 0.2) is 112 Å². The van der Waals surface area contributed by atoms with Gasteiger partial charge in [0.1, 0.15) is 18.3 Å². The molecule has 0 saturated carbocycles. The maximum absolute atomic E-state index is 14.6. The summed E-state index contributed by atoms with van der Waals surface area (Å²) in [5.74, 6) is -0.556. The van der Waals surface area contributed by atoms with E-state index in [9.17, 15) is 18.0 Å². The van der Waals surface area contributed by atoms with E-state index in [2.05, 4.69) is 21.2 Å². The molecule has 10 heteroatoms. The largest absolute Gasteiger partial charge is 0.495 e. The first-order valence-electron chi connectivity index (χ1n) is 15.1. The number of para-hydroxylation sites is 2. The van der Waals surface area contributed by atoms with Crippen molar-refractivity contribution < 1.29 is 22.7 Å². The van der Waals surface area contributed by atoms with Crippen molar-refractivity contribution in [3.63, 3.8) is 0 Å². The van der Waals surface area contributed by atoms with Crippen LogP contribution in [0.4, 0.5) is 5.69 Å². The number of benzene rings is 4. The summed E-state index contributed by atoms with van der Waals surface area (Å²) in [6, 6.07) is 29.1. The van der Waals surface area contributed by atoms with E-state index in [0.717, 1.165) is 25.5 Å². The molecule has 4 aromatic carbocycles. The number of carbonyl (C=O) groups is 2. The van der Waals surface area contributed by atoms with Gasteiger partial charge >= 0.3 is 0 Å². The Hall–Kier alpha value is -4.15. The monoisotopic (exact) mass is 705 g/mol. The number of aryl methyl sites for hydroxylation is 1. The molecule has 0 bridgehead atoms. The summed E-state index contributed by atoms with van der Waals surface area (Å²) in [5.41, 5.74) is 2.77. The quantitative estimate of drug-likeness (QED) is 0.161. The smallest absolute Gasteiger partial charge is 0.264 e. The minimum absolute atomic E-state index is 0.0339. The van der Waals surface area contributed by atoms with Crippen LogP contribution in [0.5, 0.6) is 5.75 Å². The van der Waals surface area contributed by atoms with Crippen LogP contribution in [0.3, 0.4) is 0 Å². The van der Waals surface area contributed by atoms with Crippen LogP contribution in [-0.2, 0) is 32.6 Å². The molecule has 0 heterocycles. The normalized spacial score (nSPS) is 12.5. The van der Waals surface area contributed by atoms with Gasteiger partial charge in [0.25, 0.3) is 10.0 Å². The van der Waals surface area contributed by atoms with Crippen molar-refractivity contribution in [1.29, 1.82) is 0 Å². The first-order valence-corrected chi connectivity index (χ1v) is 17.4. The Morgan fingerprint density at radius 1 is 0.870 bits per heavy atom. The van der Waals surface area contributed by atoms with Crippen LogP contribution in [-0.4, -0.2) is 50.9 Å². The molecular weight excluding hydrogens is 666 g/mol. The fourth-order valence-electron chi connectivity index (χ4n) is 4.97. The number of carbonyl (C=O) groups excluding carboxylic acids is 2. The number of rotatable bonds is 14. The van der Waals surface area contributed by atoms with Crippen molar-refractivity contribution in [3.05, 3.63) is 124 Å². The fraction of sp³-hybridized carbons (Fsp3) is 0.278. The molecule has 242 valence electrons. The zero-order chi connectivity index (χ0) is 33.3. The van der Waals surface area contributed by atoms with Crippen molar-refractivity contribution in [2.75, 3.05) is 18.0 Å². The first-order chi connectivity index (χ1) is 22.0. The standard InChI is InChI=1S/C36H40BrN3O5S/c1-5-27(3)38-36(42)33(23-28-11-7-6-8-12-28)39(24-29-17-19-30(37)20-18-29)35(41)25-40(32-13-9-10-14-34(32)45-4)46(43,44)31-21-15-26(2)16-22-31/h6-22,27,33H,5,23-25H2,1-4H3,(H,38,42)/t27-,33+/m0/s1. The Balaban J connectivity index is 1.83. The van der Waals surface area contributed by atoms with E-state index in [0.29, 0.717) is 12.2 Å². The number of methoxy groups -OCH3 is 1. The predicted octanol–water partition coefficient (Wildman–Crippen LogP) is 6.52. The number of ether oxygens (including phenoxy) is 1. The lowest BCUT2D eigenvalue weighted by Gasteiger charge is -2.34. The molecule has 8 nitrogen and oxygen atoms in total. The lowest BCUT2D eigenvalue weighted by Crippen LogP contribution is -2.54. The van der Waals surface area contributed by atoms with Crippen LogP contribution in [0.1, 0.15) is 37.0 Å². The van der Waals surface area contributed by atoms with Crippen molar-refractivity contribution >= 4 is 43.5 Å². The highest BCUT2D eigenvalue weighted by molar-refractivity contribution is 9.10. The van der Waals surface area contributed by atoms with Crippen molar-refractivity contribution in [2.24, 2.45) is 0 Å². The zero-order valence-electron chi connectivity index (χ0n) is 26.5. The third-order valence-corrected chi connectivity index (χ3v) is 10.1. The van der Waals surface area contributed by atoms with E-state index >= 15 is 0 Å². The van der Waals surface area contributed by atoms with Gasteiger partial charge in [-0.05, 0) is 67.8 Å². The Bertz CT molecular complexity index is 1720. The summed E-state index contributed by atoms with van der Waals surface area (Å²) in [6.07, 6.45) is 0.950. The summed E-state index contributed by atoms with van der Waals surface area (Å²) in [7, 11) is -2.79. The van der Waals surface area contributed by atoms with E-state index in [1.54, 1.807) is 36.4 Å². The molecular formula is C36H40BrN3O5S. The molecule has 0 unspecified atom stereocenters. The third kappa shape index (κ3) is 8.76. The molecule has 0 fully saturated rings. The van der Waals surface area contributed by atoms with E-state index < -0.39 is 28.5 Å². The maximum atomic E-state index is 14.6. The minimum atomic E-state index is -4.24. The zero-order valence-corrected chi connectivity index (χ0v) is 28.9. The number of halogens is 1. The van der Waals surface area contributed by atoms with Crippen LogP contribution >= 0.6 is 15.9 Å². The SMILES string of the molecule is CC[C@H](C)NC(=O)[C@@H](Cc1ccccc1)N(Cc1ccc(Br)cc1)C(=O)CN(c1ccccc1OC)S(=O)(=O)c1ccc(C)cc1. The average Bonchev–Trinajstić information content (AvgIpc) is 3.06. The highest BCUT2D eigenvalue weighted by atomic mass is 79.9. The first kappa shape index (κ1) is 34.7. The topological polar surface area (TPSA) is 96.0 Å². The number of nitrogens with zero attached hydrogens (tertiary/aromatic N) is 2. The Labute approximate surface area is 280 Å². The van der Waals surface area contributed by atoms with Gasteiger partial charge in [0.05, 0.1) is 17.7 Å². The van der Waals surface area contributed by atoms with Gasteiger partial charge in [-0.2, -0.15) is 0 Å². The van der Waals surface area contributed by atoms with Gasteiger partial charge in [-0.1, -0.05) is 95.1 Å². The van der Waals surface area contributed by atoms with E-state index in [4.69, 9.17) is 4.74 Å². The summed E-state index contributed by atoms with van der Waals surface area (Å²) in [5, 5.41) is 3.05. The van der Waals surface area contributed by atoms with Gasteiger partial charge in [-0.3, -0.25) is 13.9 Å². The second kappa shape index (κ2) is 15.9. The summed E-state index contributed by atoms with van der Waals surface area (Å²) < 4.78 is 36.0. The number of anilines is 1. The van der Waals surface area contributed by atoms with Gasteiger partial charge in [-0.15, -0.1) is 0 Å². The highest BCUT2D eigenvalue weighted by Gasteiger charge is 2.35. The molecule has 0 aliphatic rings. The number of nitrogens with one attached hydrogen (secondary N) is 1. The molecule has 0 radical (unpaired) electrons. The van der Waals surface area contributed by atoms with Crippen LogP contribution < -0.4 is 14.4 Å². The summed E-state index contributed by atoms with van der Waals surface area (Å²) in [4.78, 5) is 30.1. The lowest BCUT2D eigenvalue weighted by molar-refractivity contribution is -0.140. The van der Waals surface area contributed by atoms with Crippen LogP contribution in [0.25, 0.3) is 0 Å². The van der Waals surface area contributed by atoms with Crippen LogP contribution in [0, 0.1) is 6.92 Å². The van der Waals surface area contributed by atoms with Crippen molar-refractivity contribution in [3.8, 4) is 5.75 Å². The number of hydrogen-bond donors (Lipinski definition) is 1. The highest BCUT2D eigenvalue weighted by Crippen LogP contribution is 2.33. The van der Waals surface area contributed by atoms with Crippen molar-refractivity contribution in [1.82, 2.24) is 10.2 Å². The number of sulfonamides is 1. The molecule has 0 saturated heterocycles. The molecule has 0 aliphatic carbocycles. The van der Waals surface area contributed by atoms with E-state index in [1.165, 1.54) is 24.1 Å². The van der Waals surface area contributed by atoms with Gasteiger partial charge in [0, 0.05) is 23.5 Å². The minimum Gasteiger partial charge on any atom is -0.495 e. The molecule has 4 aromatic rings. The van der Waals surface area contributed by atoms with Gasteiger partial charge in [-0.25, -0.2) is 8.42 Å². The Kier molecular flexibility index (Phi) is 12.0. The summed E-state index contributed by atoms with van der Waals surface area (Å²) >= 11 is 3.46. The Morgan fingerprint density at radius 2 is 1.50 bits per heavy atom. The second-order valence-electron chi connectivity index (χ2n) is 11.2. The van der Waals surface area contributed by atoms with Gasteiger partial charge < -0.3 is 15.0 Å². The molecule has 2 amide bonds. The molecule has 0 aliphatic heterocycles. The molecule has 46 heavy (non-hydrogen) atoms. The van der Waals surface area contributed by atoms with Crippen molar-refractivity contribution in [2.45, 2.75) is 57.1 Å². The van der Waals surface area contributed by atoms with Crippen LogP contribution in [0.2, 0.25) is 0 Å². The molecule has 2 atom stereocenters. The molecule has 0 spiro atoms. The van der Waals surface area contributed by atoms with Gasteiger partial charge in [0.2, 0.25) is 11.8 Å². The molecule has 1 N–H and O–H groups in total. The number of hydrogen-bond acceptors (Lipinski definition) is 5. The predicted molar refractivity (Wildman–Crippen MR) is 185 cm³/mol. The lowest BCUT2D eigenvalue weighted by atomic mass is 10.0. The third-order valence-electron chi connectivity index (χ3n) is 7.78. The number of amides is 2. The molecule has 0 aromatic heterocycles. The second-order valence-corrected chi connectivity index (χ2v) is 13.9. The maximum Gasteiger partial charge on any atom is 0.264 e. The average molecular weight is 707 g/mol. The fourth-order valence-corrected chi connectivity index (χ4v) is 6.66. The molecule has 4 rings (SSSR count). The Morgan fingerprint density at radius 3 is 2.13 bits per heavy atom. The van der Waals surface area contributed by atoms with E-state index in [-0.39, 0.29) is 35.5 Å². The van der Waals surface area contributed by atoms with Gasteiger partial charge in [0.15, 0.2) is 0 Å². The summed E-state index contributed by atoms with van der Waals surface area (Å²) in [6.45, 7) is 5.28. The van der Waals surface area contributed by atoms with E-state index in [1.807, 2.05) is 75.4 Å².